The fourth-order valence-electron chi connectivity index (χ4n) is 3.42. The van der Waals surface area contributed by atoms with Gasteiger partial charge in [-0.3, -0.25) is 4.72 Å². The molecular formula is C20H27F2N7OS. The van der Waals surface area contributed by atoms with E-state index in [9.17, 15) is 13.9 Å². The molecule has 1 saturated heterocycles. The molecule has 3 unspecified atom stereocenters. The normalized spacial score (nSPS) is 22.1. The van der Waals surface area contributed by atoms with Crippen LogP contribution in [0.5, 0.6) is 0 Å². The van der Waals surface area contributed by atoms with Crippen LogP contribution in [0.25, 0.3) is 17.5 Å². The van der Waals surface area contributed by atoms with Crippen LogP contribution in [0, 0.1) is 17.2 Å². The first-order chi connectivity index (χ1) is 14.7. The number of H-pyrrole nitrogens is 1. The van der Waals surface area contributed by atoms with Gasteiger partial charge < -0.3 is 20.4 Å². The maximum atomic E-state index is 14.6. The Hall–Kier alpha value is -2.37. The summed E-state index contributed by atoms with van der Waals surface area (Å²) in [5.74, 6) is -3.28. The van der Waals surface area contributed by atoms with Crippen molar-refractivity contribution in [1.82, 2.24) is 24.7 Å². The second-order valence-corrected chi connectivity index (χ2v) is 8.34. The lowest BCUT2D eigenvalue weighted by atomic mass is 9.86. The molecule has 1 fully saturated rings. The van der Waals surface area contributed by atoms with Gasteiger partial charge in [-0.2, -0.15) is 0 Å². The standard InChI is InChI=1S/C20H27F2N7OS/c1-12-9-29(10-14(7-27-31-3)20(12,21)22)19-6-16(25-11-26-19)17-8-24-18(28-17)5-4-15(23)13(2)30/h4-6,8,11-14,23,27,30H,7,9-10H2,1-3H3,(H,24,28)/b5-4-,23-15?. The fourth-order valence-corrected chi connectivity index (χ4v) is 3.78. The van der Waals surface area contributed by atoms with E-state index < -0.39 is 23.9 Å². The van der Waals surface area contributed by atoms with Gasteiger partial charge in [0.05, 0.1) is 35.3 Å². The molecule has 0 saturated carbocycles. The Bertz CT molecular complexity index is 934. The number of anilines is 1. The highest BCUT2D eigenvalue weighted by molar-refractivity contribution is 7.96. The molecule has 0 bridgehead atoms. The van der Waals surface area contributed by atoms with Crippen LogP contribution < -0.4 is 9.62 Å². The van der Waals surface area contributed by atoms with Crippen LogP contribution in [-0.4, -0.2) is 68.7 Å². The lowest BCUT2D eigenvalue weighted by Gasteiger charge is -2.43. The van der Waals surface area contributed by atoms with Gasteiger partial charge in [0.25, 0.3) is 5.92 Å². The predicted octanol–water partition coefficient (Wildman–Crippen LogP) is 2.86. The van der Waals surface area contributed by atoms with Gasteiger partial charge in [-0.15, -0.1) is 0 Å². The summed E-state index contributed by atoms with van der Waals surface area (Å²) in [6, 6.07) is 1.76. The van der Waals surface area contributed by atoms with Crippen LogP contribution in [0.4, 0.5) is 14.6 Å². The van der Waals surface area contributed by atoms with Crippen molar-refractivity contribution in [2.75, 3.05) is 30.8 Å². The van der Waals surface area contributed by atoms with Crippen LogP contribution in [-0.2, 0) is 0 Å². The van der Waals surface area contributed by atoms with E-state index in [1.54, 1.807) is 25.3 Å². The number of imidazole rings is 1. The quantitative estimate of drug-likeness (QED) is 0.360. The van der Waals surface area contributed by atoms with E-state index >= 15 is 0 Å². The molecule has 3 heterocycles. The molecule has 1 aliphatic heterocycles. The lowest BCUT2D eigenvalue weighted by molar-refractivity contribution is -0.108. The van der Waals surface area contributed by atoms with Crippen molar-refractivity contribution in [2.24, 2.45) is 11.8 Å². The Morgan fingerprint density at radius 1 is 1.45 bits per heavy atom. The monoisotopic (exact) mass is 451 g/mol. The van der Waals surface area contributed by atoms with Gasteiger partial charge in [0.15, 0.2) is 0 Å². The molecule has 1 aliphatic rings. The van der Waals surface area contributed by atoms with Crippen molar-refractivity contribution in [3.63, 3.8) is 0 Å². The van der Waals surface area contributed by atoms with Crippen LogP contribution in [0.2, 0.25) is 0 Å². The number of nitrogens with one attached hydrogen (secondary N) is 3. The molecular weight excluding hydrogens is 424 g/mol. The van der Waals surface area contributed by atoms with Gasteiger partial charge >= 0.3 is 0 Å². The Kier molecular flexibility index (Phi) is 7.39. The molecule has 2 aromatic rings. The van der Waals surface area contributed by atoms with Gasteiger partial charge in [0.2, 0.25) is 0 Å². The second-order valence-electron chi connectivity index (χ2n) is 7.64. The number of piperidine rings is 1. The van der Waals surface area contributed by atoms with E-state index in [0.29, 0.717) is 23.0 Å². The first-order valence-corrected chi connectivity index (χ1v) is 11.2. The molecule has 8 nitrogen and oxygen atoms in total. The summed E-state index contributed by atoms with van der Waals surface area (Å²) in [5.41, 5.74) is 1.30. The molecule has 0 aliphatic carbocycles. The third kappa shape index (κ3) is 5.46. The van der Waals surface area contributed by atoms with Crippen molar-refractivity contribution in [1.29, 1.82) is 5.41 Å². The lowest BCUT2D eigenvalue weighted by Crippen LogP contribution is -2.55. The zero-order chi connectivity index (χ0) is 22.6. The number of aromatic amines is 1. The molecule has 0 spiro atoms. The van der Waals surface area contributed by atoms with E-state index in [-0.39, 0.29) is 25.3 Å². The third-order valence-corrected chi connectivity index (χ3v) is 5.78. The number of hydrogen-bond acceptors (Lipinski definition) is 8. The van der Waals surface area contributed by atoms with Crippen LogP contribution in [0.1, 0.15) is 19.7 Å². The van der Waals surface area contributed by atoms with Crippen LogP contribution in [0.3, 0.4) is 0 Å². The second kappa shape index (κ2) is 9.84. The summed E-state index contributed by atoms with van der Waals surface area (Å²) in [5, 5.41) is 17.0. The molecule has 0 aromatic carbocycles. The fraction of sp³-hybridized carbons (Fsp3) is 0.500. The van der Waals surface area contributed by atoms with E-state index in [1.807, 2.05) is 11.2 Å². The summed E-state index contributed by atoms with van der Waals surface area (Å²) >= 11 is 1.33. The average molecular weight is 452 g/mol. The molecule has 3 rings (SSSR count). The maximum Gasteiger partial charge on any atom is 0.258 e. The molecule has 2 aromatic heterocycles. The van der Waals surface area contributed by atoms with E-state index in [0.717, 1.165) is 0 Å². The Balaban J connectivity index is 1.78. The number of aliphatic hydroxyl groups excluding tert-OH is 1. The topological polar surface area (TPSA) is 114 Å². The Morgan fingerprint density at radius 3 is 2.94 bits per heavy atom. The summed E-state index contributed by atoms with van der Waals surface area (Å²) in [4.78, 5) is 17.8. The zero-order valence-electron chi connectivity index (χ0n) is 17.6. The smallest absolute Gasteiger partial charge is 0.258 e. The van der Waals surface area contributed by atoms with Gasteiger partial charge in [-0.05, 0) is 25.3 Å². The van der Waals surface area contributed by atoms with Gasteiger partial charge in [0.1, 0.15) is 18.0 Å². The highest BCUT2D eigenvalue weighted by Gasteiger charge is 2.49. The number of alkyl halides is 2. The Labute approximate surface area is 184 Å². The first-order valence-electron chi connectivity index (χ1n) is 9.93. The number of halogens is 2. The van der Waals surface area contributed by atoms with E-state index in [1.165, 1.54) is 31.3 Å². The minimum atomic E-state index is -2.75. The summed E-state index contributed by atoms with van der Waals surface area (Å²) in [6.45, 7) is 3.70. The number of hydrogen-bond donors (Lipinski definition) is 4. The average Bonchev–Trinajstić information content (AvgIpc) is 3.22. The first kappa shape index (κ1) is 23.3. The molecule has 168 valence electrons. The number of rotatable bonds is 8. The molecule has 0 radical (unpaired) electrons. The number of nitrogens with zero attached hydrogens (tertiary/aromatic N) is 4. The van der Waals surface area contributed by atoms with Crippen molar-refractivity contribution in [3.8, 4) is 11.4 Å². The highest BCUT2D eigenvalue weighted by Crippen LogP contribution is 2.39. The largest absolute Gasteiger partial charge is 0.387 e. The molecule has 0 amide bonds. The third-order valence-electron chi connectivity index (χ3n) is 5.33. The van der Waals surface area contributed by atoms with Crippen molar-refractivity contribution in [3.05, 3.63) is 30.5 Å². The summed E-state index contributed by atoms with van der Waals surface area (Å²) < 4.78 is 32.2. The van der Waals surface area contributed by atoms with Gasteiger partial charge in [-0.1, -0.05) is 18.9 Å². The molecule has 4 N–H and O–H groups in total. The highest BCUT2D eigenvalue weighted by atomic mass is 32.2. The molecule has 3 atom stereocenters. The number of aromatic nitrogens is 4. The zero-order valence-corrected chi connectivity index (χ0v) is 18.5. The van der Waals surface area contributed by atoms with E-state index in [2.05, 4.69) is 24.7 Å². The summed E-state index contributed by atoms with van der Waals surface area (Å²) in [6.07, 6.45) is 7.05. The Morgan fingerprint density at radius 2 is 2.23 bits per heavy atom. The molecule has 31 heavy (non-hydrogen) atoms. The van der Waals surface area contributed by atoms with Crippen LogP contribution in [0.15, 0.2) is 24.7 Å². The predicted molar refractivity (Wildman–Crippen MR) is 119 cm³/mol. The van der Waals surface area contributed by atoms with Gasteiger partial charge in [-0.25, -0.2) is 23.7 Å². The maximum absolute atomic E-state index is 14.6. The van der Waals surface area contributed by atoms with Crippen molar-refractivity contribution < 1.29 is 13.9 Å². The van der Waals surface area contributed by atoms with Crippen molar-refractivity contribution >= 4 is 29.6 Å². The minimum Gasteiger partial charge on any atom is -0.387 e. The van der Waals surface area contributed by atoms with Crippen molar-refractivity contribution in [2.45, 2.75) is 25.9 Å². The van der Waals surface area contributed by atoms with Crippen LogP contribution >= 0.6 is 11.9 Å². The van der Waals surface area contributed by atoms with E-state index in [4.69, 9.17) is 5.41 Å². The minimum absolute atomic E-state index is 0.0730. The molecule has 11 heteroatoms. The number of aliphatic hydroxyl groups is 1. The summed E-state index contributed by atoms with van der Waals surface area (Å²) in [7, 11) is 0. The van der Waals surface area contributed by atoms with Gasteiger partial charge in [0, 0.05) is 31.6 Å². The SMILES string of the molecule is CSNCC1CN(c2cc(-c3cnc(/C=C\C(=N)C(C)O)[nH]3)ncn2)CC(C)C1(F)F.